The van der Waals surface area contributed by atoms with Crippen molar-refractivity contribution in [3.8, 4) is 10.6 Å². The Hall–Kier alpha value is -1.71. The van der Waals surface area contributed by atoms with Gasteiger partial charge in [0.25, 0.3) is 0 Å². The van der Waals surface area contributed by atoms with Gasteiger partial charge in [-0.25, -0.2) is 9.19 Å². The summed E-state index contributed by atoms with van der Waals surface area (Å²) in [4.78, 5) is 5.92. The number of aromatic nitrogens is 1. The second-order valence-corrected chi connectivity index (χ2v) is 6.85. The van der Waals surface area contributed by atoms with Crippen LogP contribution in [0.4, 0.5) is 0 Å². The highest BCUT2D eigenvalue weighted by molar-refractivity contribution is 7.73. The lowest BCUT2D eigenvalue weighted by atomic mass is 10.1. The number of fused-ring (bicyclic) bond motifs is 2. The van der Waals surface area contributed by atoms with Crippen LogP contribution < -0.4 is 16.0 Å². The summed E-state index contributed by atoms with van der Waals surface area (Å²) in [7, 11) is 0. The van der Waals surface area contributed by atoms with E-state index in [9.17, 15) is 0 Å². The summed E-state index contributed by atoms with van der Waals surface area (Å²) >= 11 is -1.11. The van der Waals surface area contributed by atoms with Crippen molar-refractivity contribution in [2.24, 2.45) is 0 Å². The van der Waals surface area contributed by atoms with E-state index in [1.165, 1.54) is 15.8 Å². The molecule has 1 aromatic rings. The lowest BCUT2D eigenvalue weighted by Gasteiger charge is -2.07. The van der Waals surface area contributed by atoms with Gasteiger partial charge < -0.3 is 14.1 Å². The second-order valence-electron chi connectivity index (χ2n) is 5.23. The Morgan fingerprint density at radius 1 is 1.33 bits per heavy atom. The molecule has 1 unspecified atom stereocenters. The number of rotatable bonds is 3. The van der Waals surface area contributed by atoms with E-state index in [1.807, 2.05) is 0 Å². The molecule has 2 N–H and O–H groups in total. The number of hydrogen-bond donors (Lipinski definition) is 1. The molecule has 1 heterocycles. The van der Waals surface area contributed by atoms with Gasteiger partial charge in [0.2, 0.25) is 5.36 Å². The number of aryl methyl sites for hydroxylation is 2. The summed E-state index contributed by atoms with van der Waals surface area (Å²) in [5.41, 5.74) is 4.59. The van der Waals surface area contributed by atoms with E-state index < -0.39 is 11.4 Å². The summed E-state index contributed by atoms with van der Waals surface area (Å²) in [6.07, 6.45) is 2.12. The van der Waals surface area contributed by atoms with Gasteiger partial charge in [0.1, 0.15) is 0 Å². The molecule has 1 aromatic carbocycles. The molecule has 3 rings (SSSR count). The van der Waals surface area contributed by atoms with Crippen molar-refractivity contribution >= 4 is 32.9 Å². The quantitative estimate of drug-likeness (QED) is 0.312. The first-order valence-corrected chi connectivity index (χ1v) is 9.08. The van der Waals surface area contributed by atoms with Crippen molar-refractivity contribution in [1.82, 2.24) is 4.98 Å². The number of nitrogens with zero attached hydrogens (tertiary/aromatic N) is 1. The zero-order chi connectivity index (χ0) is 17.7. The Labute approximate surface area is 146 Å². The van der Waals surface area contributed by atoms with Crippen LogP contribution in [-0.4, -0.2) is 13.7 Å². The van der Waals surface area contributed by atoms with Gasteiger partial charge in [-0.3, -0.25) is 5.41 Å². The highest BCUT2D eigenvalue weighted by atomic mass is 32.2. The zero-order valence-corrected chi connectivity index (χ0v) is 14.9. The van der Waals surface area contributed by atoms with Gasteiger partial charge in [-0.05, 0) is 37.1 Å². The van der Waals surface area contributed by atoms with Crippen LogP contribution in [0.25, 0.3) is 20.8 Å². The van der Waals surface area contributed by atoms with Crippen LogP contribution >= 0.6 is 11.3 Å². The van der Waals surface area contributed by atoms with Crippen molar-refractivity contribution in [3.05, 3.63) is 46.8 Å². The average Bonchev–Trinajstić information content (AvgIpc) is 2.55. The van der Waals surface area contributed by atoms with Crippen molar-refractivity contribution in [2.75, 3.05) is 0 Å². The standard InChI is InChI=1S/C16H16N2S.H2O4S/c1-3-4-11-8-14-16(9-12(11)17)19-15-7-10(2)5-6-13(15)18-14;1-4-5(2)3/h5-9,17H,3-4H2,1-2H3;1H,(H,2,3)/p-1. The molecular formula is C16H17N2O4S2-. The first-order valence-electron chi connectivity index (χ1n) is 7.26. The van der Waals surface area contributed by atoms with Crippen LogP contribution in [0.2, 0.25) is 0 Å². The van der Waals surface area contributed by atoms with Crippen LogP contribution in [0.3, 0.4) is 0 Å². The van der Waals surface area contributed by atoms with Crippen molar-refractivity contribution in [3.63, 3.8) is 0 Å². The minimum atomic E-state index is -2.88. The summed E-state index contributed by atoms with van der Waals surface area (Å²) in [6, 6.07) is 10.6. The largest absolute Gasteiger partial charge is 0.750 e. The minimum absolute atomic E-state index is 0.888. The van der Waals surface area contributed by atoms with Gasteiger partial charge in [0, 0.05) is 11.6 Å². The molecule has 0 saturated heterocycles. The fraction of sp³-hybridized carbons (Fsp3) is 0.250. The normalized spacial score (nSPS) is 12.0. The van der Waals surface area contributed by atoms with Crippen molar-refractivity contribution in [2.45, 2.75) is 26.7 Å². The maximum absolute atomic E-state index is 8.83. The topological polar surface area (TPSA) is 111 Å². The first kappa shape index (κ1) is 18.6. The van der Waals surface area contributed by atoms with Gasteiger partial charge in [0.05, 0.1) is 32.1 Å². The third kappa shape index (κ3) is 4.65. The molecule has 0 amide bonds. The molecule has 0 fully saturated rings. The highest BCUT2D eigenvalue weighted by Gasteiger charge is 2.11. The number of hydrogen-bond acceptors (Lipinski definition) is 6. The third-order valence-electron chi connectivity index (χ3n) is 3.37. The van der Waals surface area contributed by atoms with Crippen LogP contribution in [0.15, 0.2) is 30.3 Å². The SMILES string of the molecule is CCCc1cc2nc3ccc(C)cc3sc-2cc1=[NH2+].O=S([O-])O[O-]. The Balaban J connectivity index is 0.000000368. The highest BCUT2D eigenvalue weighted by Crippen LogP contribution is 2.30. The maximum atomic E-state index is 8.83. The zero-order valence-electron chi connectivity index (χ0n) is 13.3. The molecule has 24 heavy (non-hydrogen) atoms. The van der Waals surface area contributed by atoms with Gasteiger partial charge in [-0.2, -0.15) is 0 Å². The predicted octanol–water partition coefficient (Wildman–Crippen LogP) is 0.394. The predicted molar refractivity (Wildman–Crippen MR) is 90.0 cm³/mol. The fourth-order valence-corrected chi connectivity index (χ4v) is 3.42. The number of nitrogens with two attached hydrogens (primary N) is 1. The summed E-state index contributed by atoms with van der Waals surface area (Å²) < 4.78 is 21.3. The third-order valence-corrected chi connectivity index (χ3v) is 4.58. The summed E-state index contributed by atoms with van der Waals surface area (Å²) in [5.74, 6) is 0. The molecule has 8 heteroatoms. The van der Waals surface area contributed by atoms with Crippen molar-refractivity contribution in [1.29, 1.82) is 0 Å². The summed E-state index contributed by atoms with van der Waals surface area (Å²) in [5, 5.41) is 15.5. The average molecular weight is 365 g/mol. The van der Waals surface area contributed by atoms with Gasteiger partial charge in [-0.1, -0.05) is 19.4 Å². The van der Waals surface area contributed by atoms with Gasteiger partial charge in [0.15, 0.2) is 0 Å². The molecule has 1 aliphatic carbocycles. The molecule has 1 aliphatic heterocycles. The van der Waals surface area contributed by atoms with Gasteiger partial charge >= 0.3 is 0 Å². The van der Waals surface area contributed by atoms with E-state index in [2.05, 4.69) is 48.5 Å². The van der Waals surface area contributed by atoms with Crippen LogP contribution in [-0.2, 0) is 22.1 Å². The fourth-order valence-electron chi connectivity index (χ4n) is 2.33. The van der Waals surface area contributed by atoms with Crippen LogP contribution in [0.1, 0.15) is 24.5 Å². The Kier molecular flexibility index (Phi) is 6.52. The molecule has 128 valence electrons. The van der Waals surface area contributed by atoms with E-state index in [4.69, 9.17) is 24.4 Å². The first-order chi connectivity index (χ1) is 11.4. The van der Waals surface area contributed by atoms with Crippen molar-refractivity contribution < 1.29 is 23.8 Å². The Bertz CT molecular complexity index is 895. The molecule has 2 aliphatic rings. The molecular weight excluding hydrogens is 348 g/mol. The molecule has 6 nitrogen and oxygen atoms in total. The van der Waals surface area contributed by atoms with Crippen LogP contribution in [0.5, 0.6) is 0 Å². The van der Waals surface area contributed by atoms with Gasteiger partial charge in [-0.15, -0.1) is 11.3 Å². The Morgan fingerprint density at radius 3 is 2.67 bits per heavy atom. The Morgan fingerprint density at radius 2 is 2.04 bits per heavy atom. The maximum Gasteiger partial charge on any atom is 0.201 e. The lowest BCUT2D eigenvalue weighted by molar-refractivity contribution is -0.635. The second kappa shape index (κ2) is 8.41. The molecule has 0 radical (unpaired) electrons. The smallest absolute Gasteiger partial charge is 0.201 e. The molecule has 0 aromatic heterocycles. The molecule has 1 atom stereocenters. The molecule has 0 bridgehead atoms. The monoisotopic (exact) mass is 365 g/mol. The number of benzene rings is 2. The summed E-state index contributed by atoms with van der Waals surface area (Å²) in [6.45, 7) is 4.28. The lowest BCUT2D eigenvalue weighted by Crippen LogP contribution is -2.46. The van der Waals surface area contributed by atoms with E-state index in [-0.39, 0.29) is 0 Å². The minimum Gasteiger partial charge on any atom is -0.750 e. The molecule has 0 spiro atoms. The van der Waals surface area contributed by atoms with Crippen LogP contribution in [0, 0.1) is 6.92 Å². The van der Waals surface area contributed by atoms with E-state index >= 15 is 0 Å². The van der Waals surface area contributed by atoms with E-state index in [1.54, 1.807) is 11.3 Å². The van der Waals surface area contributed by atoms with E-state index in [0.29, 0.717) is 0 Å². The van der Waals surface area contributed by atoms with E-state index in [0.717, 1.165) is 34.3 Å². The molecule has 0 saturated carbocycles.